The molecule has 0 spiro atoms. The molecule has 114 valence electrons. The fraction of sp³-hybridized carbons (Fsp3) is 0.400. The molecule has 0 saturated carbocycles. The second kappa shape index (κ2) is 6.88. The van der Waals surface area contributed by atoms with Gasteiger partial charge in [0.2, 0.25) is 11.8 Å². The summed E-state index contributed by atoms with van der Waals surface area (Å²) in [4.78, 5) is 34.6. The second-order valence-corrected chi connectivity index (χ2v) is 5.35. The monoisotopic (exact) mass is 292 g/mol. The normalized spacial score (nSPS) is 10.6. The number of anilines is 2. The molecule has 0 unspecified atom stereocenters. The van der Waals surface area contributed by atoms with Gasteiger partial charge in [0.25, 0.3) is 0 Å². The molecular formula is C15H20N2O4. The molecule has 21 heavy (non-hydrogen) atoms. The molecule has 6 heteroatoms. The van der Waals surface area contributed by atoms with Crippen LogP contribution < -0.4 is 10.6 Å². The van der Waals surface area contributed by atoms with E-state index in [9.17, 15) is 14.4 Å². The summed E-state index contributed by atoms with van der Waals surface area (Å²) in [6.45, 7) is 6.94. The number of hydrogen-bond donors (Lipinski definition) is 3. The van der Waals surface area contributed by atoms with E-state index in [1.807, 2.05) is 0 Å². The van der Waals surface area contributed by atoms with Crippen molar-refractivity contribution in [3.63, 3.8) is 0 Å². The first-order valence-corrected chi connectivity index (χ1v) is 6.71. The molecule has 2 amide bonds. The van der Waals surface area contributed by atoms with Crippen molar-refractivity contribution in [1.82, 2.24) is 0 Å². The molecule has 0 heterocycles. The Kier molecular flexibility index (Phi) is 5.46. The summed E-state index contributed by atoms with van der Waals surface area (Å²) in [5, 5.41) is 14.3. The van der Waals surface area contributed by atoms with E-state index in [0.29, 0.717) is 5.69 Å². The third kappa shape index (κ3) is 4.59. The number of nitrogens with one attached hydrogen (secondary N) is 2. The lowest BCUT2D eigenvalue weighted by Crippen LogP contribution is -2.22. The molecule has 1 rings (SSSR count). The maximum Gasteiger partial charge on any atom is 0.335 e. The highest BCUT2D eigenvalue weighted by Gasteiger charge is 2.15. The van der Waals surface area contributed by atoms with Gasteiger partial charge in [-0.2, -0.15) is 0 Å². The number of aromatic carboxylic acids is 1. The summed E-state index contributed by atoms with van der Waals surface area (Å²) in [5.74, 6) is -2.04. The number of carbonyl (C=O) groups is 3. The fourth-order valence-corrected chi connectivity index (χ4v) is 1.44. The molecule has 3 N–H and O–H groups in total. The zero-order valence-electron chi connectivity index (χ0n) is 12.6. The number of amides is 2. The topological polar surface area (TPSA) is 95.5 Å². The number of rotatable bonds is 5. The summed E-state index contributed by atoms with van der Waals surface area (Å²) in [6.07, 6.45) is 0. The van der Waals surface area contributed by atoms with Gasteiger partial charge in [0.05, 0.1) is 16.9 Å². The lowest BCUT2D eigenvalue weighted by molar-refractivity contribution is -0.119. The Morgan fingerprint density at radius 3 is 1.81 bits per heavy atom. The van der Waals surface area contributed by atoms with Gasteiger partial charge in [-0.25, -0.2) is 4.79 Å². The van der Waals surface area contributed by atoms with E-state index in [0.717, 1.165) is 0 Å². The van der Waals surface area contributed by atoms with Gasteiger partial charge >= 0.3 is 5.97 Å². The van der Waals surface area contributed by atoms with Crippen LogP contribution in [-0.2, 0) is 9.59 Å². The molecule has 0 atom stereocenters. The van der Waals surface area contributed by atoms with Gasteiger partial charge in [0.1, 0.15) is 0 Å². The van der Waals surface area contributed by atoms with Crippen LogP contribution in [0.15, 0.2) is 18.2 Å². The minimum absolute atomic E-state index is 0.0385. The molecular weight excluding hydrogens is 272 g/mol. The van der Waals surface area contributed by atoms with E-state index in [-0.39, 0.29) is 34.9 Å². The van der Waals surface area contributed by atoms with Gasteiger partial charge in [-0.15, -0.1) is 0 Å². The maximum absolute atomic E-state index is 11.8. The smallest absolute Gasteiger partial charge is 0.335 e. The van der Waals surface area contributed by atoms with E-state index in [4.69, 9.17) is 5.11 Å². The third-order valence-electron chi connectivity index (χ3n) is 2.83. The maximum atomic E-state index is 11.8. The van der Waals surface area contributed by atoms with Gasteiger partial charge in [-0.05, 0) is 18.2 Å². The standard InChI is InChI=1S/C15H20N2O4/c1-8(2)13(18)16-11-6-5-10(15(20)21)7-12(11)17-14(19)9(3)4/h5-9H,1-4H3,(H,16,18)(H,17,19)(H,20,21). The molecule has 1 aromatic rings. The Hall–Kier alpha value is -2.37. The number of carboxylic acid groups (broad SMARTS) is 1. The molecule has 0 aromatic heterocycles. The summed E-state index contributed by atoms with van der Waals surface area (Å²) in [5.41, 5.74) is 0.701. The summed E-state index contributed by atoms with van der Waals surface area (Å²) < 4.78 is 0. The van der Waals surface area contributed by atoms with Crippen LogP contribution >= 0.6 is 0 Å². The lowest BCUT2D eigenvalue weighted by Gasteiger charge is -2.15. The van der Waals surface area contributed by atoms with Crippen molar-refractivity contribution in [2.45, 2.75) is 27.7 Å². The van der Waals surface area contributed by atoms with Gasteiger partial charge in [0, 0.05) is 11.8 Å². The van der Waals surface area contributed by atoms with E-state index in [2.05, 4.69) is 10.6 Å². The Balaban J connectivity index is 3.13. The van der Waals surface area contributed by atoms with Gasteiger partial charge in [0.15, 0.2) is 0 Å². The van der Waals surface area contributed by atoms with Crippen molar-refractivity contribution in [2.24, 2.45) is 11.8 Å². The molecule has 0 radical (unpaired) electrons. The largest absolute Gasteiger partial charge is 0.478 e. The number of benzene rings is 1. The average molecular weight is 292 g/mol. The quantitative estimate of drug-likeness (QED) is 0.777. The summed E-state index contributed by atoms with van der Waals surface area (Å²) in [6, 6.07) is 4.18. The minimum atomic E-state index is -1.10. The van der Waals surface area contributed by atoms with Crippen LogP contribution in [0.1, 0.15) is 38.1 Å². The van der Waals surface area contributed by atoms with Crippen LogP contribution in [0.4, 0.5) is 11.4 Å². The zero-order valence-corrected chi connectivity index (χ0v) is 12.6. The fourth-order valence-electron chi connectivity index (χ4n) is 1.44. The Morgan fingerprint density at radius 1 is 0.905 bits per heavy atom. The average Bonchev–Trinajstić information content (AvgIpc) is 2.39. The molecule has 1 aromatic carbocycles. The van der Waals surface area contributed by atoms with Crippen molar-refractivity contribution in [3.05, 3.63) is 23.8 Å². The zero-order chi connectivity index (χ0) is 16.2. The predicted molar refractivity (Wildman–Crippen MR) is 80.3 cm³/mol. The minimum Gasteiger partial charge on any atom is -0.478 e. The van der Waals surface area contributed by atoms with E-state index < -0.39 is 5.97 Å². The van der Waals surface area contributed by atoms with Crippen LogP contribution in [0.5, 0.6) is 0 Å². The van der Waals surface area contributed by atoms with Crippen LogP contribution in [-0.4, -0.2) is 22.9 Å². The molecule has 0 fully saturated rings. The highest BCUT2D eigenvalue weighted by molar-refractivity contribution is 6.02. The van der Waals surface area contributed by atoms with Gasteiger partial charge < -0.3 is 15.7 Å². The highest BCUT2D eigenvalue weighted by atomic mass is 16.4. The van der Waals surface area contributed by atoms with Crippen LogP contribution in [0, 0.1) is 11.8 Å². The third-order valence-corrected chi connectivity index (χ3v) is 2.83. The Labute approximate surface area is 123 Å². The van der Waals surface area contributed by atoms with E-state index >= 15 is 0 Å². The van der Waals surface area contributed by atoms with Crippen molar-refractivity contribution >= 4 is 29.2 Å². The number of carbonyl (C=O) groups excluding carboxylic acids is 2. The van der Waals surface area contributed by atoms with Crippen molar-refractivity contribution in [2.75, 3.05) is 10.6 Å². The van der Waals surface area contributed by atoms with E-state index in [1.54, 1.807) is 27.7 Å². The Bertz CT molecular complexity index is 565. The lowest BCUT2D eigenvalue weighted by atomic mass is 10.1. The van der Waals surface area contributed by atoms with Crippen LogP contribution in [0.3, 0.4) is 0 Å². The van der Waals surface area contributed by atoms with Gasteiger partial charge in [-0.1, -0.05) is 27.7 Å². The SMILES string of the molecule is CC(C)C(=O)Nc1ccc(C(=O)O)cc1NC(=O)C(C)C. The van der Waals surface area contributed by atoms with Crippen molar-refractivity contribution < 1.29 is 19.5 Å². The second-order valence-electron chi connectivity index (χ2n) is 5.35. The summed E-state index contributed by atoms with van der Waals surface area (Å²) >= 11 is 0. The number of carboxylic acids is 1. The van der Waals surface area contributed by atoms with E-state index in [1.165, 1.54) is 18.2 Å². The molecule has 0 aliphatic rings. The molecule has 0 aliphatic carbocycles. The van der Waals surface area contributed by atoms with Gasteiger partial charge in [-0.3, -0.25) is 9.59 Å². The van der Waals surface area contributed by atoms with Crippen LogP contribution in [0.2, 0.25) is 0 Å². The van der Waals surface area contributed by atoms with Crippen LogP contribution in [0.25, 0.3) is 0 Å². The highest BCUT2D eigenvalue weighted by Crippen LogP contribution is 2.24. The molecule has 0 bridgehead atoms. The van der Waals surface area contributed by atoms with Crippen molar-refractivity contribution in [1.29, 1.82) is 0 Å². The first kappa shape index (κ1) is 16.7. The molecule has 6 nitrogen and oxygen atoms in total. The first-order chi connectivity index (χ1) is 9.72. The Morgan fingerprint density at radius 2 is 1.38 bits per heavy atom. The molecule has 0 aliphatic heterocycles. The predicted octanol–water partition coefficient (Wildman–Crippen LogP) is 2.57. The summed E-state index contributed by atoms with van der Waals surface area (Å²) in [7, 11) is 0. The molecule has 0 saturated heterocycles. The first-order valence-electron chi connectivity index (χ1n) is 6.71. The number of hydrogen-bond acceptors (Lipinski definition) is 3. The van der Waals surface area contributed by atoms with Crippen molar-refractivity contribution in [3.8, 4) is 0 Å².